The highest BCUT2D eigenvalue weighted by Gasteiger charge is 2.27. The fraction of sp³-hybridized carbons (Fsp3) is 0.381. The number of hydrogen-bond acceptors (Lipinski definition) is 5. The quantitative estimate of drug-likeness (QED) is 0.747. The summed E-state index contributed by atoms with van der Waals surface area (Å²) in [4.78, 5) is 12.6. The molecule has 1 aliphatic rings. The maximum absolute atomic E-state index is 12.9. The average Bonchev–Trinajstić information content (AvgIpc) is 2.74. The van der Waals surface area contributed by atoms with Crippen LogP contribution in [0, 0.1) is 0 Å². The monoisotopic (exact) mass is 418 g/mol. The third-order valence-electron chi connectivity index (χ3n) is 4.85. The Bertz CT molecular complexity index is 952. The van der Waals surface area contributed by atoms with E-state index in [1.807, 2.05) is 24.3 Å². The van der Waals surface area contributed by atoms with Gasteiger partial charge in [0.25, 0.3) is 0 Å². The van der Waals surface area contributed by atoms with Gasteiger partial charge in [0, 0.05) is 13.1 Å². The number of amides is 1. The maximum Gasteiger partial charge on any atom is 0.243 e. The number of hydrogen-bond donors (Lipinski definition) is 1. The highest BCUT2D eigenvalue weighted by Crippen LogP contribution is 2.29. The molecule has 0 atom stereocenters. The number of nitrogens with one attached hydrogen (secondary N) is 1. The summed E-state index contributed by atoms with van der Waals surface area (Å²) < 4.78 is 37.7. The predicted molar refractivity (Wildman–Crippen MR) is 111 cm³/mol. The van der Waals surface area contributed by atoms with Crippen molar-refractivity contribution in [2.24, 2.45) is 0 Å². The van der Waals surface area contributed by atoms with Crippen LogP contribution in [0.5, 0.6) is 5.75 Å². The molecule has 2 aromatic rings. The second-order valence-electron chi connectivity index (χ2n) is 6.77. The second kappa shape index (κ2) is 9.39. The number of aryl methyl sites for hydroxylation is 1. The number of morpholine rings is 1. The molecule has 29 heavy (non-hydrogen) atoms. The number of benzene rings is 2. The van der Waals surface area contributed by atoms with Crippen molar-refractivity contribution in [2.45, 2.75) is 24.7 Å². The van der Waals surface area contributed by atoms with E-state index >= 15 is 0 Å². The Balaban J connectivity index is 1.78. The summed E-state index contributed by atoms with van der Waals surface area (Å²) in [5.41, 5.74) is 2.42. The molecule has 3 rings (SSSR count). The molecule has 0 aromatic heterocycles. The fourth-order valence-corrected chi connectivity index (χ4v) is 4.59. The first kappa shape index (κ1) is 21.3. The van der Waals surface area contributed by atoms with Gasteiger partial charge >= 0.3 is 0 Å². The van der Waals surface area contributed by atoms with Gasteiger partial charge in [-0.15, -0.1) is 0 Å². The Morgan fingerprint density at radius 3 is 2.38 bits per heavy atom. The number of nitrogens with zero attached hydrogens (tertiary/aromatic N) is 1. The van der Waals surface area contributed by atoms with Crippen molar-refractivity contribution in [1.29, 1.82) is 0 Å². The Kier molecular flexibility index (Phi) is 6.89. The minimum absolute atomic E-state index is 0.114. The predicted octanol–water partition coefficient (Wildman–Crippen LogP) is 2.46. The minimum Gasteiger partial charge on any atom is -0.495 e. The highest BCUT2D eigenvalue weighted by molar-refractivity contribution is 7.89. The number of methoxy groups -OCH3 is 1. The number of carbonyl (C=O) groups is 1. The van der Waals surface area contributed by atoms with Crippen LogP contribution >= 0.6 is 0 Å². The highest BCUT2D eigenvalue weighted by atomic mass is 32.2. The number of rotatable bonds is 7. The summed E-state index contributed by atoms with van der Waals surface area (Å²) in [6.07, 6.45) is 1.13. The van der Waals surface area contributed by atoms with Crippen molar-refractivity contribution >= 4 is 21.6 Å². The van der Waals surface area contributed by atoms with Gasteiger partial charge in [0.2, 0.25) is 15.9 Å². The lowest BCUT2D eigenvalue weighted by Crippen LogP contribution is -2.40. The van der Waals surface area contributed by atoms with Crippen molar-refractivity contribution in [3.05, 3.63) is 53.6 Å². The maximum atomic E-state index is 12.9. The molecule has 7 nitrogen and oxygen atoms in total. The summed E-state index contributed by atoms with van der Waals surface area (Å²) in [5.74, 6) is 0.161. The van der Waals surface area contributed by atoms with E-state index in [9.17, 15) is 13.2 Å². The van der Waals surface area contributed by atoms with E-state index in [-0.39, 0.29) is 17.2 Å². The first-order valence-electron chi connectivity index (χ1n) is 9.57. The molecule has 1 aliphatic heterocycles. The molecule has 1 N–H and O–H groups in total. The molecule has 0 bridgehead atoms. The van der Waals surface area contributed by atoms with Crippen molar-refractivity contribution in [3.8, 4) is 5.75 Å². The molecule has 2 aromatic carbocycles. The molecule has 8 heteroatoms. The zero-order valence-electron chi connectivity index (χ0n) is 16.7. The van der Waals surface area contributed by atoms with Crippen LogP contribution < -0.4 is 10.1 Å². The van der Waals surface area contributed by atoms with Crippen molar-refractivity contribution < 1.29 is 22.7 Å². The summed E-state index contributed by atoms with van der Waals surface area (Å²) in [7, 11) is -2.19. The second-order valence-corrected chi connectivity index (χ2v) is 8.71. The third-order valence-corrected chi connectivity index (χ3v) is 6.74. The largest absolute Gasteiger partial charge is 0.495 e. The van der Waals surface area contributed by atoms with Gasteiger partial charge in [-0.1, -0.05) is 31.2 Å². The molecular formula is C21H26N2O5S. The fourth-order valence-electron chi connectivity index (χ4n) is 3.15. The van der Waals surface area contributed by atoms with Crippen LogP contribution in [0.4, 0.5) is 5.69 Å². The molecule has 0 saturated carbocycles. The van der Waals surface area contributed by atoms with Crippen LogP contribution in [-0.2, 0) is 32.4 Å². The van der Waals surface area contributed by atoms with Crippen LogP contribution in [-0.4, -0.2) is 52.0 Å². The SMILES string of the molecule is CCc1ccc(CC(=O)Nc2cc(S(=O)(=O)N3CCOCC3)ccc2OC)cc1. The standard InChI is InChI=1S/C21H26N2O5S/c1-3-16-4-6-17(7-5-16)14-21(24)22-19-15-18(8-9-20(19)27-2)29(25,26)23-10-12-28-13-11-23/h4-9,15H,3,10-14H2,1-2H3,(H,22,24). The molecule has 156 valence electrons. The van der Waals surface area contributed by atoms with E-state index in [1.165, 1.54) is 29.1 Å². The van der Waals surface area contributed by atoms with Crippen molar-refractivity contribution in [1.82, 2.24) is 4.31 Å². The molecule has 0 spiro atoms. The van der Waals surface area contributed by atoms with Crippen LogP contribution in [0.2, 0.25) is 0 Å². The molecule has 0 radical (unpaired) electrons. The molecule has 0 unspecified atom stereocenters. The lowest BCUT2D eigenvalue weighted by molar-refractivity contribution is -0.115. The molecule has 0 aliphatic carbocycles. The Morgan fingerprint density at radius 2 is 1.76 bits per heavy atom. The first-order chi connectivity index (χ1) is 13.9. The van der Waals surface area contributed by atoms with Crippen molar-refractivity contribution in [3.63, 3.8) is 0 Å². The van der Waals surface area contributed by atoms with E-state index in [1.54, 1.807) is 6.07 Å². The molecule has 1 saturated heterocycles. The van der Waals surface area contributed by atoms with E-state index in [0.717, 1.165) is 12.0 Å². The van der Waals surface area contributed by atoms with Crippen LogP contribution in [0.1, 0.15) is 18.1 Å². The van der Waals surface area contributed by atoms with Gasteiger partial charge in [-0.25, -0.2) is 8.42 Å². The first-order valence-corrected chi connectivity index (χ1v) is 11.0. The lowest BCUT2D eigenvalue weighted by atomic mass is 10.1. The number of sulfonamides is 1. The van der Waals surface area contributed by atoms with Gasteiger partial charge in [0.05, 0.1) is 37.3 Å². The summed E-state index contributed by atoms with van der Waals surface area (Å²) in [6, 6.07) is 12.3. The average molecular weight is 419 g/mol. The van der Waals surface area contributed by atoms with Gasteiger partial charge < -0.3 is 14.8 Å². The molecular weight excluding hydrogens is 392 g/mol. The molecule has 1 heterocycles. The van der Waals surface area contributed by atoms with E-state index < -0.39 is 10.0 Å². The van der Waals surface area contributed by atoms with Gasteiger partial charge in [-0.3, -0.25) is 4.79 Å². The van der Waals surface area contributed by atoms with Gasteiger partial charge in [-0.2, -0.15) is 4.31 Å². The van der Waals surface area contributed by atoms with Crippen LogP contribution in [0.3, 0.4) is 0 Å². The third kappa shape index (κ3) is 5.14. The minimum atomic E-state index is -3.67. The van der Waals surface area contributed by atoms with Crippen LogP contribution in [0.15, 0.2) is 47.4 Å². The Labute approximate surface area is 171 Å². The van der Waals surface area contributed by atoms with Gasteiger partial charge in [0.15, 0.2) is 0 Å². The van der Waals surface area contributed by atoms with Crippen molar-refractivity contribution in [2.75, 3.05) is 38.7 Å². The molecule has 1 fully saturated rings. The normalized spacial score (nSPS) is 15.1. The van der Waals surface area contributed by atoms with Gasteiger partial charge in [0.1, 0.15) is 5.75 Å². The molecule has 1 amide bonds. The van der Waals surface area contributed by atoms with Crippen LogP contribution in [0.25, 0.3) is 0 Å². The zero-order chi connectivity index (χ0) is 20.9. The van der Waals surface area contributed by atoms with E-state index in [2.05, 4.69) is 12.2 Å². The Hall–Kier alpha value is -2.42. The van der Waals surface area contributed by atoms with E-state index in [0.29, 0.717) is 37.7 Å². The Morgan fingerprint density at radius 1 is 1.10 bits per heavy atom. The summed E-state index contributed by atoms with van der Waals surface area (Å²) in [5, 5.41) is 2.78. The smallest absolute Gasteiger partial charge is 0.243 e. The summed E-state index contributed by atoms with van der Waals surface area (Å²) in [6.45, 7) is 3.44. The number of carbonyl (C=O) groups excluding carboxylic acids is 1. The topological polar surface area (TPSA) is 84.9 Å². The lowest BCUT2D eigenvalue weighted by Gasteiger charge is -2.26. The number of anilines is 1. The number of ether oxygens (including phenoxy) is 2. The zero-order valence-corrected chi connectivity index (χ0v) is 17.5. The van der Waals surface area contributed by atoms with Gasteiger partial charge in [-0.05, 0) is 35.7 Å². The summed E-state index contributed by atoms with van der Waals surface area (Å²) >= 11 is 0. The van der Waals surface area contributed by atoms with E-state index in [4.69, 9.17) is 9.47 Å².